The van der Waals surface area contributed by atoms with E-state index in [1.807, 2.05) is 97.9 Å². The van der Waals surface area contributed by atoms with Gasteiger partial charge >= 0.3 is 5.97 Å². The van der Waals surface area contributed by atoms with Crippen molar-refractivity contribution in [2.24, 2.45) is 0 Å². The topological polar surface area (TPSA) is 97.5 Å². The van der Waals surface area contributed by atoms with Crippen LogP contribution in [0.4, 0.5) is 11.5 Å². The van der Waals surface area contributed by atoms with Crippen molar-refractivity contribution in [3.63, 3.8) is 0 Å². The first-order valence-corrected chi connectivity index (χ1v) is 12.8. The quantitative estimate of drug-likeness (QED) is 0.224. The van der Waals surface area contributed by atoms with Crippen LogP contribution in [-0.2, 0) is 10.2 Å². The Labute approximate surface area is 226 Å². The largest absolute Gasteiger partial charge is 0.497 e. The van der Waals surface area contributed by atoms with Crippen LogP contribution in [0.2, 0.25) is 0 Å². The highest BCUT2D eigenvalue weighted by atomic mass is 16.5. The van der Waals surface area contributed by atoms with Gasteiger partial charge in [0.15, 0.2) is 5.76 Å². The number of pyridine rings is 1. The summed E-state index contributed by atoms with van der Waals surface area (Å²) in [6.07, 6.45) is 1.40. The zero-order valence-electron chi connectivity index (χ0n) is 21.6. The van der Waals surface area contributed by atoms with Gasteiger partial charge in [-0.05, 0) is 72.9 Å². The van der Waals surface area contributed by atoms with Crippen molar-refractivity contribution in [3.8, 4) is 39.5 Å². The van der Waals surface area contributed by atoms with E-state index in [0.717, 1.165) is 50.6 Å². The average molecular weight is 518 g/mol. The molecule has 0 bridgehead atoms. The lowest BCUT2D eigenvalue weighted by atomic mass is 9.93. The van der Waals surface area contributed by atoms with E-state index in [4.69, 9.17) is 14.2 Å². The second-order valence-corrected chi connectivity index (χ2v) is 9.78. The van der Waals surface area contributed by atoms with Crippen LogP contribution < -0.4 is 10.1 Å². The van der Waals surface area contributed by atoms with Crippen molar-refractivity contribution in [2.45, 2.75) is 25.2 Å². The number of aromatic nitrogens is 2. The molecule has 5 aromatic rings. The number of ether oxygens (including phenoxy) is 1. The summed E-state index contributed by atoms with van der Waals surface area (Å²) in [7, 11) is 1.65. The lowest BCUT2D eigenvalue weighted by molar-refractivity contribution is -0.140. The molecule has 1 aliphatic rings. The Kier molecular flexibility index (Phi) is 6.11. The van der Waals surface area contributed by atoms with E-state index in [2.05, 4.69) is 10.5 Å². The van der Waals surface area contributed by atoms with Gasteiger partial charge < -0.3 is 19.7 Å². The van der Waals surface area contributed by atoms with Crippen molar-refractivity contribution < 1.29 is 19.2 Å². The summed E-state index contributed by atoms with van der Waals surface area (Å²) >= 11 is 0. The Morgan fingerprint density at radius 1 is 0.872 bits per heavy atom. The van der Waals surface area contributed by atoms with Gasteiger partial charge in [-0.3, -0.25) is 4.79 Å². The summed E-state index contributed by atoms with van der Waals surface area (Å²) in [5, 5.41) is 17.1. The fraction of sp³-hybridized carbons (Fsp3) is 0.156. The molecule has 2 N–H and O–H groups in total. The van der Waals surface area contributed by atoms with Crippen LogP contribution in [0.3, 0.4) is 0 Å². The van der Waals surface area contributed by atoms with Crippen molar-refractivity contribution >= 4 is 17.5 Å². The number of anilines is 2. The van der Waals surface area contributed by atoms with Crippen molar-refractivity contribution in [1.29, 1.82) is 0 Å². The summed E-state index contributed by atoms with van der Waals surface area (Å²) in [6.45, 7) is 1.89. The maximum atomic E-state index is 11.6. The van der Waals surface area contributed by atoms with Gasteiger partial charge in [0.05, 0.1) is 18.2 Å². The number of aliphatic carboxylic acids is 1. The highest BCUT2D eigenvalue weighted by Crippen LogP contribution is 2.48. The molecule has 39 heavy (non-hydrogen) atoms. The van der Waals surface area contributed by atoms with Crippen LogP contribution in [0.5, 0.6) is 5.75 Å². The van der Waals surface area contributed by atoms with Crippen molar-refractivity contribution in [2.75, 3.05) is 12.4 Å². The third-order valence-corrected chi connectivity index (χ3v) is 7.33. The third-order valence-electron chi connectivity index (χ3n) is 7.33. The van der Waals surface area contributed by atoms with Crippen LogP contribution >= 0.6 is 0 Å². The minimum absolute atomic E-state index is 0.628. The van der Waals surface area contributed by atoms with Crippen LogP contribution in [0, 0.1) is 6.92 Å². The van der Waals surface area contributed by atoms with Gasteiger partial charge in [-0.15, -0.1) is 0 Å². The smallest absolute Gasteiger partial charge is 0.314 e. The molecule has 0 saturated heterocycles. The fourth-order valence-corrected chi connectivity index (χ4v) is 4.82. The maximum Gasteiger partial charge on any atom is 0.314 e. The number of methoxy groups -OCH3 is 1. The first kappa shape index (κ1) is 24.4. The summed E-state index contributed by atoms with van der Waals surface area (Å²) in [5.41, 5.74) is 6.43. The number of carboxylic acids is 1. The molecular weight excluding hydrogens is 490 g/mol. The fourth-order valence-electron chi connectivity index (χ4n) is 4.82. The SMILES string of the molecule is COc1ccc(-c2cccc(Nc3c(C)noc3-c3ccc(-c4ccc(C5(C(=O)O)CC5)cc4)cc3)n2)cc1. The number of hydrogen-bond donors (Lipinski definition) is 2. The predicted molar refractivity (Wildman–Crippen MR) is 150 cm³/mol. The minimum Gasteiger partial charge on any atom is -0.497 e. The molecule has 3 aromatic carbocycles. The lowest BCUT2D eigenvalue weighted by Gasteiger charge is -2.11. The summed E-state index contributed by atoms with van der Waals surface area (Å²) < 4.78 is 11.0. The molecule has 0 atom stereocenters. The Hall–Kier alpha value is -4.91. The Balaban J connectivity index is 1.23. The minimum atomic E-state index is -0.742. The van der Waals surface area contributed by atoms with Crippen LogP contribution in [0.1, 0.15) is 24.1 Å². The average Bonchev–Trinajstić information content (AvgIpc) is 3.73. The van der Waals surface area contributed by atoms with E-state index in [-0.39, 0.29) is 0 Å². The number of rotatable bonds is 8. The molecule has 1 fully saturated rings. The van der Waals surface area contributed by atoms with Gasteiger partial charge in [-0.25, -0.2) is 4.98 Å². The van der Waals surface area contributed by atoms with E-state index >= 15 is 0 Å². The molecule has 0 amide bonds. The molecule has 194 valence electrons. The van der Waals surface area contributed by atoms with Gasteiger partial charge in [0.2, 0.25) is 0 Å². The van der Waals surface area contributed by atoms with Gasteiger partial charge in [-0.1, -0.05) is 59.8 Å². The Morgan fingerprint density at radius 2 is 1.49 bits per heavy atom. The van der Waals surface area contributed by atoms with E-state index in [9.17, 15) is 9.90 Å². The number of carboxylic acid groups (broad SMARTS) is 1. The van der Waals surface area contributed by atoms with Crippen LogP contribution in [-0.4, -0.2) is 28.3 Å². The third kappa shape index (κ3) is 4.63. The number of aryl methyl sites for hydroxylation is 1. The van der Waals surface area contributed by atoms with E-state index < -0.39 is 11.4 Å². The summed E-state index contributed by atoms with van der Waals surface area (Å²) in [4.78, 5) is 16.4. The number of nitrogens with one attached hydrogen (secondary N) is 1. The number of carbonyl (C=O) groups is 1. The van der Waals surface area contributed by atoms with Crippen LogP contribution in [0.15, 0.2) is 95.5 Å². The normalized spacial score (nSPS) is 13.6. The van der Waals surface area contributed by atoms with E-state index in [1.165, 1.54) is 0 Å². The van der Waals surface area contributed by atoms with E-state index in [0.29, 0.717) is 24.4 Å². The molecule has 6 rings (SSSR count). The Bertz CT molecular complexity index is 1630. The van der Waals surface area contributed by atoms with Gasteiger partial charge in [0.25, 0.3) is 0 Å². The van der Waals surface area contributed by atoms with Gasteiger partial charge in [0, 0.05) is 11.1 Å². The number of benzene rings is 3. The highest BCUT2D eigenvalue weighted by molar-refractivity contribution is 5.85. The molecule has 7 nitrogen and oxygen atoms in total. The first-order valence-electron chi connectivity index (χ1n) is 12.8. The van der Waals surface area contributed by atoms with Crippen molar-refractivity contribution in [3.05, 3.63) is 102 Å². The molecule has 0 unspecified atom stereocenters. The first-order chi connectivity index (χ1) is 19.0. The summed E-state index contributed by atoms with van der Waals surface area (Å²) in [6, 6.07) is 29.5. The molecule has 2 heterocycles. The second kappa shape index (κ2) is 9.76. The van der Waals surface area contributed by atoms with Crippen LogP contribution in [0.25, 0.3) is 33.7 Å². The second-order valence-electron chi connectivity index (χ2n) is 9.78. The number of nitrogens with zero attached hydrogens (tertiary/aromatic N) is 2. The molecule has 1 saturated carbocycles. The zero-order chi connectivity index (χ0) is 27.0. The van der Waals surface area contributed by atoms with Gasteiger partial charge in [-0.2, -0.15) is 0 Å². The van der Waals surface area contributed by atoms with E-state index in [1.54, 1.807) is 7.11 Å². The molecular formula is C32H27N3O4. The highest BCUT2D eigenvalue weighted by Gasteiger charge is 2.51. The molecule has 0 radical (unpaired) electrons. The van der Waals surface area contributed by atoms with Crippen molar-refractivity contribution in [1.82, 2.24) is 10.1 Å². The summed E-state index contributed by atoms with van der Waals surface area (Å²) in [5.74, 6) is 1.37. The Morgan fingerprint density at radius 3 is 2.10 bits per heavy atom. The lowest BCUT2D eigenvalue weighted by Crippen LogP contribution is -2.19. The molecule has 7 heteroatoms. The maximum absolute atomic E-state index is 11.6. The molecule has 1 aliphatic carbocycles. The number of hydrogen-bond acceptors (Lipinski definition) is 6. The molecule has 0 aliphatic heterocycles. The standard InChI is InChI=1S/C32H27N3O4/c1-20-29(34-28-5-3-4-27(33-28)23-12-16-26(38-2)17-13-23)30(39-35-20)24-8-6-21(7-9-24)22-10-14-25(15-11-22)32(18-19-32)31(36)37/h3-17H,18-19H2,1-2H3,(H,33,34)(H,36,37). The van der Waals surface area contributed by atoms with Gasteiger partial charge in [0.1, 0.15) is 22.9 Å². The monoisotopic (exact) mass is 517 g/mol. The zero-order valence-corrected chi connectivity index (χ0v) is 21.6. The molecule has 0 spiro atoms. The molecule has 2 aromatic heterocycles. The predicted octanol–water partition coefficient (Wildman–Crippen LogP) is 7.25.